The van der Waals surface area contributed by atoms with E-state index in [0.29, 0.717) is 11.1 Å². The van der Waals surface area contributed by atoms with Gasteiger partial charge in [-0.25, -0.2) is 5.43 Å². The highest BCUT2D eigenvalue weighted by Crippen LogP contribution is 2.30. The molecule has 8 nitrogen and oxygen atoms in total. The first-order chi connectivity index (χ1) is 14.1. The fraction of sp³-hybridized carbons (Fsp3) is 0.211. The van der Waals surface area contributed by atoms with E-state index in [1.807, 2.05) is 0 Å². The Morgan fingerprint density at radius 1 is 1.13 bits per heavy atom. The minimum Gasteiger partial charge on any atom is -0.326 e. The summed E-state index contributed by atoms with van der Waals surface area (Å²) in [5, 5.41) is 16.9. The summed E-state index contributed by atoms with van der Waals surface area (Å²) >= 11 is 0. The van der Waals surface area contributed by atoms with Crippen molar-refractivity contribution in [2.24, 2.45) is 5.10 Å². The van der Waals surface area contributed by atoms with Gasteiger partial charge in [0.1, 0.15) is 0 Å². The van der Waals surface area contributed by atoms with Gasteiger partial charge in [0.2, 0.25) is 11.8 Å². The predicted molar refractivity (Wildman–Crippen MR) is 103 cm³/mol. The summed E-state index contributed by atoms with van der Waals surface area (Å²) in [5.74, 6) is -1.24. The number of hydrogen-bond acceptors (Lipinski definition) is 5. The average Bonchev–Trinajstić information content (AvgIpc) is 2.67. The summed E-state index contributed by atoms with van der Waals surface area (Å²) < 4.78 is 38.0. The highest BCUT2D eigenvalue weighted by atomic mass is 19.4. The van der Waals surface area contributed by atoms with E-state index < -0.39 is 28.5 Å². The third kappa shape index (κ3) is 6.69. The molecule has 158 valence electrons. The molecule has 2 N–H and O–H groups in total. The number of aryl methyl sites for hydroxylation is 1. The van der Waals surface area contributed by atoms with Crippen molar-refractivity contribution in [2.45, 2.75) is 25.9 Å². The van der Waals surface area contributed by atoms with Crippen LogP contribution in [0.25, 0.3) is 0 Å². The number of rotatable bonds is 7. The molecule has 0 aliphatic heterocycles. The SMILES string of the molecule is Cc1ccc(C=NNC(=O)CCC(=O)Nc2cccc(C(F)(F)F)c2)cc1[N+](=O)[O-]. The first kappa shape index (κ1) is 22.5. The average molecular weight is 422 g/mol. The molecule has 0 aromatic heterocycles. The standard InChI is InChI=1S/C19H17F3N4O4/c1-12-5-6-13(9-16(12)26(29)30)11-23-25-18(28)8-7-17(27)24-15-4-2-3-14(10-15)19(20,21)22/h2-6,9-11H,7-8H2,1H3,(H,24,27)(H,25,28). The Kier molecular flexibility index (Phi) is 7.23. The molecule has 0 saturated heterocycles. The molecule has 2 aromatic rings. The number of hydrazone groups is 1. The van der Waals surface area contributed by atoms with E-state index in [0.717, 1.165) is 18.2 Å². The number of halogens is 3. The molecule has 0 heterocycles. The Balaban J connectivity index is 1.83. The monoisotopic (exact) mass is 422 g/mol. The first-order valence-corrected chi connectivity index (χ1v) is 8.60. The summed E-state index contributed by atoms with van der Waals surface area (Å²) in [6.45, 7) is 1.59. The van der Waals surface area contributed by atoms with Crippen LogP contribution < -0.4 is 10.7 Å². The second kappa shape index (κ2) is 9.63. The quantitative estimate of drug-likeness (QED) is 0.401. The van der Waals surface area contributed by atoms with Gasteiger partial charge in [-0.1, -0.05) is 18.2 Å². The van der Waals surface area contributed by atoms with Crippen molar-refractivity contribution in [2.75, 3.05) is 5.32 Å². The second-order valence-corrected chi connectivity index (χ2v) is 6.22. The van der Waals surface area contributed by atoms with Crippen molar-refractivity contribution in [1.29, 1.82) is 0 Å². The molecule has 0 unspecified atom stereocenters. The van der Waals surface area contributed by atoms with Gasteiger partial charge >= 0.3 is 6.18 Å². The number of amides is 2. The molecule has 0 saturated carbocycles. The lowest BCUT2D eigenvalue weighted by Crippen LogP contribution is -2.20. The van der Waals surface area contributed by atoms with Crippen molar-refractivity contribution in [3.05, 3.63) is 69.3 Å². The van der Waals surface area contributed by atoms with E-state index in [2.05, 4.69) is 15.8 Å². The molecular weight excluding hydrogens is 405 g/mol. The maximum absolute atomic E-state index is 12.7. The van der Waals surface area contributed by atoms with Gasteiger partial charge in [0, 0.05) is 35.7 Å². The first-order valence-electron chi connectivity index (χ1n) is 8.60. The Labute approximate surface area is 168 Å². The molecule has 0 spiro atoms. The molecule has 2 rings (SSSR count). The van der Waals surface area contributed by atoms with Gasteiger partial charge in [0.05, 0.1) is 16.7 Å². The molecule has 2 amide bonds. The topological polar surface area (TPSA) is 114 Å². The number of nitro groups is 1. The van der Waals surface area contributed by atoms with Crippen molar-refractivity contribution >= 4 is 29.4 Å². The normalized spacial score (nSPS) is 11.3. The summed E-state index contributed by atoms with van der Waals surface area (Å²) in [4.78, 5) is 33.9. The lowest BCUT2D eigenvalue weighted by molar-refractivity contribution is -0.385. The van der Waals surface area contributed by atoms with Gasteiger partial charge in [-0.15, -0.1) is 0 Å². The number of hydrogen-bond donors (Lipinski definition) is 2. The molecule has 2 aromatic carbocycles. The minimum atomic E-state index is -4.53. The van der Waals surface area contributed by atoms with Crippen LogP contribution >= 0.6 is 0 Å². The van der Waals surface area contributed by atoms with Gasteiger partial charge in [-0.3, -0.25) is 19.7 Å². The van der Waals surface area contributed by atoms with Gasteiger partial charge < -0.3 is 5.32 Å². The number of anilines is 1. The predicted octanol–water partition coefficient (Wildman–Crippen LogP) is 3.79. The van der Waals surface area contributed by atoms with E-state index in [4.69, 9.17) is 0 Å². The Hall–Kier alpha value is -3.76. The molecule has 11 heteroatoms. The molecular formula is C19H17F3N4O4. The van der Waals surface area contributed by atoms with E-state index in [1.165, 1.54) is 18.3 Å². The fourth-order valence-corrected chi connectivity index (χ4v) is 2.36. The lowest BCUT2D eigenvalue weighted by Gasteiger charge is -2.09. The maximum Gasteiger partial charge on any atom is 0.416 e. The third-order valence-electron chi connectivity index (χ3n) is 3.89. The number of nitrogens with zero attached hydrogens (tertiary/aromatic N) is 2. The van der Waals surface area contributed by atoms with Crippen LogP contribution in [-0.4, -0.2) is 23.0 Å². The lowest BCUT2D eigenvalue weighted by atomic mass is 10.1. The van der Waals surface area contributed by atoms with Crippen molar-refractivity contribution in [3.8, 4) is 0 Å². The Bertz CT molecular complexity index is 990. The molecule has 30 heavy (non-hydrogen) atoms. The number of carbonyl (C=O) groups excluding carboxylic acids is 2. The molecule has 0 radical (unpaired) electrons. The molecule has 0 aliphatic carbocycles. The largest absolute Gasteiger partial charge is 0.416 e. The summed E-state index contributed by atoms with van der Waals surface area (Å²) in [5.41, 5.74) is 2.03. The fourth-order valence-electron chi connectivity index (χ4n) is 2.36. The van der Waals surface area contributed by atoms with E-state index in [1.54, 1.807) is 19.1 Å². The van der Waals surface area contributed by atoms with Crippen molar-refractivity contribution in [3.63, 3.8) is 0 Å². The summed E-state index contributed by atoms with van der Waals surface area (Å²) in [7, 11) is 0. The minimum absolute atomic E-state index is 0.0331. The maximum atomic E-state index is 12.7. The van der Waals surface area contributed by atoms with Crippen LogP contribution in [0.1, 0.15) is 29.5 Å². The highest BCUT2D eigenvalue weighted by molar-refractivity contribution is 5.93. The van der Waals surface area contributed by atoms with Crippen LogP contribution in [0.2, 0.25) is 0 Å². The van der Waals surface area contributed by atoms with Crippen molar-refractivity contribution < 1.29 is 27.7 Å². The van der Waals surface area contributed by atoms with E-state index in [-0.39, 0.29) is 24.2 Å². The van der Waals surface area contributed by atoms with Crippen LogP contribution in [0.4, 0.5) is 24.5 Å². The van der Waals surface area contributed by atoms with Crippen molar-refractivity contribution in [1.82, 2.24) is 5.43 Å². The van der Waals surface area contributed by atoms with E-state index >= 15 is 0 Å². The zero-order valence-electron chi connectivity index (χ0n) is 15.7. The van der Waals surface area contributed by atoms with Gasteiger partial charge in [0.25, 0.3) is 5.69 Å². The summed E-state index contributed by atoms with van der Waals surface area (Å²) in [6, 6.07) is 8.56. The van der Waals surface area contributed by atoms with Crippen LogP contribution in [0.15, 0.2) is 47.6 Å². The number of benzene rings is 2. The molecule has 0 bridgehead atoms. The Morgan fingerprint density at radius 3 is 2.50 bits per heavy atom. The van der Waals surface area contributed by atoms with E-state index in [9.17, 15) is 32.9 Å². The van der Waals surface area contributed by atoms with Crippen LogP contribution in [0.3, 0.4) is 0 Å². The zero-order valence-corrected chi connectivity index (χ0v) is 15.7. The highest BCUT2D eigenvalue weighted by Gasteiger charge is 2.30. The Morgan fingerprint density at radius 2 is 1.83 bits per heavy atom. The van der Waals surface area contributed by atoms with Crippen LogP contribution in [0.5, 0.6) is 0 Å². The second-order valence-electron chi connectivity index (χ2n) is 6.22. The number of alkyl halides is 3. The molecule has 0 atom stereocenters. The summed E-state index contributed by atoms with van der Waals surface area (Å²) in [6.07, 6.45) is -3.84. The van der Waals surface area contributed by atoms with Crippen LogP contribution in [-0.2, 0) is 15.8 Å². The number of carbonyl (C=O) groups is 2. The number of nitrogens with one attached hydrogen (secondary N) is 2. The smallest absolute Gasteiger partial charge is 0.326 e. The molecule has 0 aliphatic rings. The third-order valence-corrected chi connectivity index (χ3v) is 3.89. The molecule has 0 fully saturated rings. The van der Waals surface area contributed by atoms with Gasteiger partial charge in [-0.2, -0.15) is 18.3 Å². The van der Waals surface area contributed by atoms with Crippen LogP contribution in [0, 0.1) is 17.0 Å². The number of nitro benzene ring substituents is 1. The van der Waals surface area contributed by atoms with Gasteiger partial charge in [-0.05, 0) is 25.1 Å². The zero-order chi connectivity index (χ0) is 22.3. The van der Waals surface area contributed by atoms with Gasteiger partial charge in [0.15, 0.2) is 0 Å².